The number of H-pyrrole nitrogens is 1. The van der Waals surface area contributed by atoms with Gasteiger partial charge in [-0.05, 0) is 37.2 Å². The molecule has 0 saturated carbocycles. The second kappa shape index (κ2) is 4.40. The lowest BCUT2D eigenvalue weighted by atomic mass is 10.1. The van der Waals surface area contributed by atoms with E-state index < -0.39 is 0 Å². The van der Waals surface area contributed by atoms with Crippen molar-refractivity contribution in [2.24, 2.45) is 5.73 Å². The topological polar surface area (TPSA) is 67.6 Å². The molecule has 2 aromatic rings. The first-order valence-corrected chi connectivity index (χ1v) is 5.08. The Bertz CT molecular complexity index is 492. The van der Waals surface area contributed by atoms with E-state index in [2.05, 4.69) is 15.2 Å². The Balaban J connectivity index is 2.31. The zero-order valence-corrected chi connectivity index (χ0v) is 9.00. The van der Waals surface area contributed by atoms with Crippen molar-refractivity contribution in [3.63, 3.8) is 0 Å². The molecule has 0 aliphatic rings. The van der Waals surface area contributed by atoms with Crippen LogP contribution in [0.4, 0.5) is 4.39 Å². The summed E-state index contributed by atoms with van der Waals surface area (Å²) >= 11 is 0. The Kier molecular flexibility index (Phi) is 2.96. The van der Waals surface area contributed by atoms with E-state index in [1.165, 1.54) is 6.07 Å². The number of nitrogens with two attached hydrogens (primary N) is 1. The number of nitrogens with one attached hydrogen (secondary N) is 1. The maximum atomic E-state index is 13.1. The third kappa shape index (κ3) is 2.09. The summed E-state index contributed by atoms with van der Waals surface area (Å²) in [6.45, 7) is 2.24. The molecule has 16 heavy (non-hydrogen) atoms. The summed E-state index contributed by atoms with van der Waals surface area (Å²) in [5, 5.41) is 6.87. The Hall–Kier alpha value is -1.75. The van der Waals surface area contributed by atoms with Crippen molar-refractivity contribution >= 4 is 0 Å². The summed E-state index contributed by atoms with van der Waals surface area (Å²) in [6.07, 6.45) is 0.660. The number of hydrogen-bond donors (Lipinski definition) is 2. The molecular weight excluding hydrogens is 207 g/mol. The number of aromatic amines is 1. The maximum Gasteiger partial charge on any atom is 0.181 e. The molecule has 2 rings (SSSR count). The highest BCUT2D eigenvalue weighted by atomic mass is 19.1. The normalized spacial score (nSPS) is 10.7. The van der Waals surface area contributed by atoms with Crippen molar-refractivity contribution in [1.82, 2.24) is 15.2 Å². The fourth-order valence-electron chi connectivity index (χ4n) is 1.46. The largest absolute Gasteiger partial charge is 0.330 e. The van der Waals surface area contributed by atoms with Crippen LogP contribution >= 0.6 is 0 Å². The maximum absolute atomic E-state index is 13.1. The first kappa shape index (κ1) is 10.8. The van der Waals surface area contributed by atoms with Gasteiger partial charge in [0.15, 0.2) is 5.82 Å². The summed E-state index contributed by atoms with van der Waals surface area (Å²) in [5.41, 5.74) is 6.81. The molecule has 0 radical (unpaired) electrons. The average molecular weight is 220 g/mol. The highest BCUT2D eigenvalue weighted by Gasteiger charge is 2.07. The molecule has 0 fully saturated rings. The zero-order valence-electron chi connectivity index (χ0n) is 9.00. The fraction of sp³-hybridized carbons (Fsp3) is 0.273. The van der Waals surface area contributed by atoms with Gasteiger partial charge in [0.25, 0.3) is 0 Å². The number of rotatable bonds is 3. The molecule has 3 N–H and O–H groups in total. The average Bonchev–Trinajstić information content (AvgIpc) is 2.71. The number of nitrogens with zero attached hydrogens (tertiary/aromatic N) is 2. The van der Waals surface area contributed by atoms with Crippen LogP contribution in [0.1, 0.15) is 11.4 Å². The molecule has 0 unspecified atom stereocenters. The van der Waals surface area contributed by atoms with Crippen LogP contribution in [0.2, 0.25) is 0 Å². The molecule has 0 aliphatic heterocycles. The van der Waals surface area contributed by atoms with Crippen molar-refractivity contribution in [2.45, 2.75) is 13.3 Å². The summed E-state index contributed by atoms with van der Waals surface area (Å²) < 4.78 is 13.1. The van der Waals surface area contributed by atoms with Crippen LogP contribution in [0, 0.1) is 12.7 Å². The molecule has 0 aliphatic carbocycles. The molecule has 0 bridgehead atoms. The van der Waals surface area contributed by atoms with Crippen LogP contribution in [0.5, 0.6) is 0 Å². The minimum absolute atomic E-state index is 0.221. The van der Waals surface area contributed by atoms with Crippen LogP contribution < -0.4 is 5.73 Å². The monoisotopic (exact) mass is 220 g/mol. The summed E-state index contributed by atoms with van der Waals surface area (Å²) in [5.74, 6) is 1.10. The van der Waals surface area contributed by atoms with Gasteiger partial charge in [-0.25, -0.2) is 9.37 Å². The number of halogens is 1. The number of benzene rings is 1. The quantitative estimate of drug-likeness (QED) is 0.822. The molecule has 0 atom stereocenters. The van der Waals surface area contributed by atoms with Crippen LogP contribution in [-0.4, -0.2) is 21.7 Å². The standard InChI is InChI=1S/C11H13FN4/c1-7-6-8(2-3-9(7)12)11-14-10(4-5-13)15-16-11/h2-3,6H,4-5,13H2,1H3,(H,14,15,16). The van der Waals surface area contributed by atoms with Gasteiger partial charge in [-0.3, -0.25) is 5.10 Å². The minimum Gasteiger partial charge on any atom is -0.330 e. The van der Waals surface area contributed by atoms with Crippen molar-refractivity contribution in [3.05, 3.63) is 35.4 Å². The molecule has 84 valence electrons. The summed E-state index contributed by atoms with van der Waals surface area (Å²) in [6, 6.07) is 4.81. The molecule has 0 saturated heterocycles. The summed E-state index contributed by atoms with van der Waals surface area (Å²) in [4.78, 5) is 4.27. The second-order valence-corrected chi connectivity index (χ2v) is 3.61. The SMILES string of the molecule is Cc1cc(-c2n[nH]c(CCN)n2)ccc1F. The lowest BCUT2D eigenvalue weighted by Gasteiger charge is -1.98. The summed E-state index contributed by atoms with van der Waals surface area (Å²) in [7, 11) is 0. The predicted molar refractivity (Wildman–Crippen MR) is 59.3 cm³/mol. The zero-order chi connectivity index (χ0) is 11.5. The smallest absolute Gasteiger partial charge is 0.181 e. The lowest BCUT2D eigenvalue weighted by molar-refractivity contribution is 0.618. The van der Waals surface area contributed by atoms with E-state index >= 15 is 0 Å². The lowest BCUT2D eigenvalue weighted by Crippen LogP contribution is -2.03. The van der Waals surface area contributed by atoms with Gasteiger partial charge in [0.2, 0.25) is 0 Å². The Morgan fingerprint density at radius 3 is 2.94 bits per heavy atom. The predicted octanol–water partition coefficient (Wildman–Crippen LogP) is 1.42. The number of hydrogen-bond acceptors (Lipinski definition) is 3. The number of aryl methyl sites for hydroxylation is 1. The molecule has 0 amide bonds. The molecule has 1 aromatic heterocycles. The molecule has 1 heterocycles. The van der Waals surface area contributed by atoms with Crippen molar-refractivity contribution in [2.75, 3.05) is 6.54 Å². The van der Waals surface area contributed by atoms with Crippen LogP contribution in [0.15, 0.2) is 18.2 Å². The second-order valence-electron chi connectivity index (χ2n) is 3.61. The van der Waals surface area contributed by atoms with Gasteiger partial charge in [0.05, 0.1) is 0 Å². The Morgan fingerprint density at radius 1 is 1.44 bits per heavy atom. The first-order chi connectivity index (χ1) is 7.70. The third-order valence-electron chi connectivity index (χ3n) is 2.33. The van der Waals surface area contributed by atoms with E-state index in [1.54, 1.807) is 19.1 Å². The van der Waals surface area contributed by atoms with Gasteiger partial charge in [-0.15, -0.1) is 0 Å². The van der Waals surface area contributed by atoms with E-state index in [-0.39, 0.29) is 5.82 Å². The first-order valence-electron chi connectivity index (χ1n) is 5.08. The molecule has 1 aromatic carbocycles. The van der Waals surface area contributed by atoms with Gasteiger partial charge >= 0.3 is 0 Å². The van der Waals surface area contributed by atoms with Gasteiger partial charge in [-0.1, -0.05) is 0 Å². The minimum atomic E-state index is -0.221. The highest BCUT2D eigenvalue weighted by Crippen LogP contribution is 2.18. The van der Waals surface area contributed by atoms with Crippen molar-refractivity contribution in [3.8, 4) is 11.4 Å². The van der Waals surface area contributed by atoms with Gasteiger partial charge in [-0.2, -0.15) is 5.10 Å². The van der Waals surface area contributed by atoms with Crippen molar-refractivity contribution in [1.29, 1.82) is 0 Å². The van der Waals surface area contributed by atoms with Gasteiger partial charge in [0.1, 0.15) is 11.6 Å². The fourth-order valence-corrected chi connectivity index (χ4v) is 1.46. The van der Waals surface area contributed by atoms with Crippen LogP contribution in [0.3, 0.4) is 0 Å². The van der Waals surface area contributed by atoms with E-state index in [4.69, 9.17) is 5.73 Å². The number of aromatic nitrogens is 3. The van der Waals surface area contributed by atoms with E-state index in [0.717, 1.165) is 11.4 Å². The third-order valence-corrected chi connectivity index (χ3v) is 2.33. The van der Waals surface area contributed by atoms with Crippen LogP contribution in [-0.2, 0) is 6.42 Å². The van der Waals surface area contributed by atoms with E-state index in [9.17, 15) is 4.39 Å². The molecule has 4 nitrogen and oxygen atoms in total. The van der Waals surface area contributed by atoms with Gasteiger partial charge in [0, 0.05) is 12.0 Å². The van der Waals surface area contributed by atoms with Crippen LogP contribution in [0.25, 0.3) is 11.4 Å². The molecular formula is C11H13FN4. The Labute approximate surface area is 92.7 Å². The highest BCUT2D eigenvalue weighted by molar-refractivity contribution is 5.55. The van der Waals surface area contributed by atoms with Crippen molar-refractivity contribution < 1.29 is 4.39 Å². The van der Waals surface area contributed by atoms with E-state index in [0.29, 0.717) is 24.4 Å². The molecule has 0 spiro atoms. The van der Waals surface area contributed by atoms with E-state index in [1.807, 2.05) is 0 Å². The van der Waals surface area contributed by atoms with Gasteiger partial charge < -0.3 is 5.73 Å². The Morgan fingerprint density at radius 2 is 2.25 bits per heavy atom. The molecule has 5 heteroatoms.